The number of hydrogen-bond donors (Lipinski definition) is 0. The molecular weight excluding hydrogens is 332 g/mol. The summed E-state index contributed by atoms with van der Waals surface area (Å²) in [5.74, 6) is 3.44. The Bertz CT molecular complexity index is 546. The molecule has 0 saturated carbocycles. The topological polar surface area (TPSA) is 32.8 Å². The molecular formula is C16H19BrN2O2. The second kappa shape index (κ2) is 7.48. The van der Waals surface area contributed by atoms with Gasteiger partial charge in [0.2, 0.25) is 0 Å². The van der Waals surface area contributed by atoms with Crippen molar-refractivity contribution in [2.75, 3.05) is 39.8 Å². The molecule has 0 aromatic heterocycles. The summed E-state index contributed by atoms with van der Waals surface area (Å²) in [7, 11) is 1.61. The molecule has 1 aromatic rings. The molecule has 1 aliphatic rings. The number of amides is 1. The highest BCUT2D eigenvalue weighted by molar-refractivity contribution is 9.10. The number of carbonyl (C=O) groups is 1. The first-order chi connectivity index (χ1) is 10.2. The van der Waals surface area contributed by atoms with Crippen LogP contribution in [0.25, 0.3) is 0 Å². The van der Waals surface area contributed by atoms with Crippen molar-refractivity contribution in [1.82, 2.24) is 9.80 Å². The summed E-state index contributed by atoms with van der Waals surface area (Å²) in [6, 6.07) is 5.42. The molecule has 0 N–H and O–H groups in total. The van der Waals surface area contributed by atoms with Gasteiger partial charge in [-0.2, -0.15) is 0 Å². The Labute approximate surface area is 134 Å². The zero-order valence-corrected chi connectivity index (χ0v) is 13.7. The summed E-state index contributed by atoms with van der Waals surface area (Å²) in [6.07, 6.45) is 6.04. The molecule has 2 rings (SSSR count). The van der Waals surface area contributed by atoms with Crippen molar-refractivity contribution in [2.45, 2.75) is 6.42 Å². The van der Waals surface area contributed by atoms with Gasteiger partial charge in [-0.05, 0) is 34.1 Å². The van der Waals surface area contributed by atoms with E-state index in [-0.39, 0.29) is 5.91 Å². The van der Waals surface area contributed by atoms with Crippen molar-refractivity contribution in [2.24, 2.45) is 0 Å². The van der Waals surface area contributed by atoms with Crippen LogP contribution < -0.4 is 4.74 Å². The molecule has 1 amide bonds. The summed E-state index contributed by atoms with van der Waals surface area (Å²) in [4.78, 5) is 16.7. The number of nitrogens with zero attached hydrogens (tertiary/aromatic N) is 2. The molecule has 1 fully saturated rings. The molecule has 21 heavy (non-hydrogen) atoms. The smallest absolute Gasteiger partial charge is 0.253 e. The molecule has 0 unspecified atom stereocenters. The van der Waals surface area contributed by atoms with Gasteiger partial charge >= 0.3 is 0 Å². The van der Waals surface area contributed by atoms with Crippen LogP contribution in [0.4, 0.5) is 0 Å². The highest BCUT2D eigenvalue weighted by Gasteiger charge is 2.22. The molecule has 112 valence electrons. The van der Waals surface area contributed by atoms with Crippen LogP contribution in [-0.2, 0) is 0 Å². The highest BCUT2D eigenvalue weighted by Crippen LogP contribution is 2.26. The first-order valence-electron chi connectivity index (χ1n) is 6.94. The third-order valence-electron chi connectivity index (χ3n) is 3.63. The molecule has 0 atom stereocenters. The minimum Gasteiger partial charge on any atom is -0.496 e. The van der Waals surface area contributed by atoms with Crippen LogP contribution in [0.3, 0.4) is 0 Å². The normalized spacial score (nSPS) is 15.6. The Morgan fingerprint density at radius 3 is 2.67 bits per heavy atom. The first-order valence-corrected chi connectivity index (χ1v) is 7.73. The molecule has 1 saturated heterocycles. The van der Waals surface area contributed by atoms with E-state index in [1.165, 1.54) is 0 Å². The number of methoxy groups -OCH3 is 1. The van der Waals surface area contributed by atoms with Gasteiger partial charge in [0.15, 0.2) is 0 Å². The highest BCUT2D eigenvalue weighted by atomic mass is 79.9. The third kappa shape index (κ3) is 3.99. The second-order valence-electron chi connectivity index (χ2n) is 4.94. The summed E-state index contributed by atoms with van der Waals surface area (Å²) >= 11 is 3.41. The maximum absolute atomic E-state index is 12.5. The van der Waals surface area contributed by atoms with Crippen LogP contribution in [0.1, 0.15) is 16.8 Å². The quantitative estimate of drug-likeness (QED) is 0.780. The molecule has 0 aliphatic carbocycles. The molecule has 4 nitrogen and oxygen atoms in total. The lowest BCUT2D eigenvalue weighted by Crippen LogP contribution is -2.48. The lowest BCUT2D eigenvalue weighted by molar-refractivity contribution is 0.0640. The monoisotopic (exact) mass is 350 g/mol. The standard InChI is InChI=1S/C16H19BrN2O2/c1-3-4-7-18-8-10-19(11-9-18)16(20)13-5-6-15(21-2)14(17)12-13/h1,5-6,12H,4,7-11H2,2H3. The zero-order chi connectivity index (χ0) is 15.2. The number of carbonyl (C=O) groups excluding carboxylic acids is 1. The minimum absolute atomic E-state index is 0.0648. The average molecular weight is 351 g/mol. The fraction of sp³-hybridized carbons (Fsp3) is 0.438. The van der Waals surface area contributed by atoms with E-state index in [2.05, 4.69) is 26.8 Å². The third-order valence-corrected chi connectivity index (χ3v) is 4.25. The molecule has 0 bridgehead atoms. The SMILES string of the molecule is C#CCCN1CCN(C(=O)c2ccc(OC)c(Br)c2)CC1. The van der Waals surface area contributed by atoms with Crippen LogP contribution in [0.2, 0.25) is 0 Å². The average Bonchev–Trinajstić information content (AvgIpc) is 2.52. The Kier molecular flexibility index (Phi) is 5.66. The number of rotatable bonds is 4. The first kappa shape index (κ1) is 15.9. The molecule has 1 heterocycles. The summed E-state index contributed by atoms with van der Waals surface area (Å²) in [5, 5.41) is 0. The number of hydrogen-bond acceptors (Lipinski definition) is 3. The van der Waals surface area contributed by atoms with Crippen molar-refractivity contribution >= 4 is 21.8 Å². The van der Waals surface area contributed by atoms with E-state index >= 15 is 0 Å². The number of piperazine rings is 1. The molecule has 1 aromatic carbocycles. The van der Waals surface area contributed by atoms with Crippen LogP contribution in [0.5, 0.6) is 5.75 Å². The Morgan fingerprint density at radius 1 is 1.38 bits per heavy atom. The lowest BCUT2D eigenvalue weighted by atomic mass is 10.1. The van der Waals surface area contributed by atoms with Gasteiger partial charge in [-0.15, -0.1) is 12.3 Å². The molecule has 0 radical (unpaired) electrons. The van der Waals surface area contributed by atoms with E-state index in [0.717, 1.165) is 49.4 Å². The Morgan fingerprint density at radius 2 is 2.10 bits per heavy atom. The van der Waals surface area contributed by atoms with E-state index in [4.69, 9.17) is 11.2 Å². The fourth-order valence-corrected chi connectivity index (χ4v) is 2.92. The largest absolute Gasteiger partial charge is 0.496 e. The fourth-order valence-electron chi connectivity index (χ4n) is 2.38. The Balaban J connectivity index is 1.96. The van der Waals surface area contributed by atoms with Gasteiger partial charge in [0, 0.05) is 44.7 Å². The lowest BCUT2D eigenvalue weighted by Gasteiger charge is -2.34. The van der Waals surface area contributed by atoms with Gasteiger partial charge in [0.1, 0.15) is 5.75 Å². The molecule has 1 aliphatic heterocycles. The zero-order valence-electron chi connectivity index (χ0n) is 12.1. The second-order valence-corrected chi connectivity index (χ2v) is 5.79. The van der Waals surface area contributed by atoms with Crippen LogP contribution in [-0.4, -0.2) is 55.5 Å². The number of terminal acetylenes is 1. The van der Waals surface area contributed by atoms with Crippen molar-refractivity contribution in [3.05, 3.63) is 28.2 Å². The molecule has 0 spiro atoms. The van der Waals surface area contributed by atoms with Crippen LogP contribution in [0.15, 0.2) is 22.7 Å². The van der Waals surface area contributed by atoms with Gasteiger partial charge < -0.3 is 9.64 Å². The predicted octanol–water partition coefficient (Wildman–Crippen LogP) is 2.24. The van der Waals surface area contributed by atoms with Gasteiger partial charge in [0.05, 0.1) is 11.6 Å². The van der Waals surface area contributed by atoms with E-state index in [1.807, 2.05) is 11.0 Å². The summed E-state index contributed by atoms with van der Waals surface area (Å²) in [5.41, 5.74) is 0.680. The van der Waals surface area contributed by atoms with Gasteiger partial charge in [-0.25, -0.2) is 0 Å². The van der Waals surface area contributed by atoms with E-state index < -0.39 is 0 Å². The van der Waals surface area contributed by atoms with Gasteiger partial charge in [-0.3, -0.25) is 9.69 Å². The van der Waals surface area contributed by atoms with Gasteiger partial charge in [-0.1, -0.05) is 0 Å². The van der Waals surface area contributed by atoms with E-state index in [1.54, 1.807) is 19.2 Å². The van der Waals surface area contributed by atoms with E-state index in [0.29, 0.717) is 5.56 Å². The van der Waals surface area contributed by atoms with Crippen molar-refractivity contribution in [1.29, 1.82) is 0 Å². The summed E-state index contributed by atoms with van der Waals surface area (Å²) < 4.78 is 5.98. The number of halogens is 1. The minimum atomic E-state index is 0.0648. The van der Waals surface area contributed by atoms with Crippen LogP contribution >= 0.6 is 15.9 Å². The Hall–Kier alpha value is -1.51. The van der Waals surface area contributed by atoms with Crippen molar-refractivity contribution in [3.8, 4) is 18.1 Å². The van der Waals surface area contributed by atoms with Crippen molar-refractivity contribution < 1.29 is 9.53 Å². The maximum atomic E-state index is 12.5. The van der Waals surface area contributed by atoms with Gasteiger partial charge in [0.25, 0.3) is 5.91 Å². The summed E-state index contributed by atoms with van der Waals surface area (Å²) in [6.45, 7) is 4.15. The van der Waals surface area contributed by atoms with Crippen LogP contribution in [0, 0.1) is 12.3 Å². The van der Waals surface area contributed by atoms with Crippen molar-refractivity contribution in [3.63, 3.8) is 0 Å². The van der Waals surface area contributed by atoms with E-state index in [9.17, 15) is 4.79 Å². The number of benzene rings is 1. The molecule has 5 heteroatoms. The predicted molar refractivity (Wildman–Crippen MR) is 86.5 cm³/mol. The maximum Gasteiger partial charge on any atom is 0.253 e. The number of ether oxygens (including phenoxy) is 1.